The Morgan fingerprint density at radius 1 is 1.05 bits per heavy atom. The Bertz CT molecular complexity index is 1740. The van der Waals surface area contributed by atoms with Gasteiger partial charge >= 0.3 is 5.97 Å². The molecule has 0 saturated heterocycles. The lowest BCUT2D eigenvalue weighted by Gasteiger charge is -2.24. The molecule has 8 nitrogen and oxygen atoms in total. The predicted octanol–water partition coefficient (Wildman–Crippen LogP) is 4.36. The van der Waals surface area contributed by atoms with Gasteiger partial charge in [0.05, 0.1) is 47.1 Å². The van der Waals surface area contributed by atoms with Crippen LogP contribution in [0.1, 0.15) is 48.1 Å². The zero-order valence-corrected chi connectivity index (χ0v) is 21.9. The van der Waals surface area contributed by atoms with Crippen molar-refractivity contribution in [1.82, 2.24) is 14.2 Å². The van der Waals surface area contributed by atoms with Gasteiger partial charge in [0.15, 0.2) is 0 Å². The molecular weight excluding hydrogens is 492 g/mol. The standard InChI is InChI=1S/C31H28N4O4/c1-3-39-28(36)17-16-27-32-25-15-8-7-13-23(25)31(38)35(27)33-19-26(21-10-5-4-6-11-21)34-20(2)18-22-12-9-14-24(29(22)34)30(33)37/h4-8,10-11,13-15,18-19H,3,9,12,16-17H2,1-2H3. The minimum Gasteiger partial charge on any atom is -0.466 e. The molecule has 196 valence electrons. The largest absolute Gasteiger partial charge is 0.466 e. The summed E-state index contributed by atoms with van der Waals surface area (Å²) >= 11 is 0. The first kappa shape index (κ1) is 24.6. The second-order valence-electron chi connectivity index (χ2n) is 9.65. The number of allylic oxidation sites excluding steroid dienone is 1. The molecule has 0 saturated carbocycles. The minimum absolute atomic E-state index is 0.0296. The number of carbonyl (C=O) groups excluding carboxylic acids is 2. The van der Waals surface area contributed by atoms with E-state index in [-0.39, 0.29) is 36.9 Å². The average Bonchev–Trinajstić information content (AvgIpc) is 3.22. The summed E-state index contributed by atoms with van der Waals surface area (Å²) in [6.45, 7) is 4.04. The maximum Gasteiger partial charge on any atom is 0.306 e. The Kier molecular flexibility index (Phi) is 6.23. The second-order valence-corrected chi connectivity index (χ2v) is 9.65. The van der Waals surface area contributed by atoms with E-state index in [0.29, 0.717) is 22.3 Å². The summed E-state index contributed by atoms with van der Waals surface area (Å²) in [6, 6.07) is 19.0. The first-order valence-corrected chi connectivity index (χ1v) is 13.2. The van der Waals surface area contributed by atoms with Gasteiger partial charge in [-0.1, -0.05) is 48.5 Å². The molecule has 0 N–H and O–H groups in total. The van der Waals surface area contributed by atoms with Crippen molar-refractivity contribution in [3.05, 3.63) is 112 Å². The van der Waals surface area contributed by atoms with Gasteiger partial charge in [-0.3, -0.25) is 14.4 Å². The number of rotatable bonds is 6. The molecule has 0 atom stereocenters. The Hall–Kier alpha value is -4.72. The van der Waals surface area contributed by atoms with E-state index >= 15 is 0 Å². The highest BCUT2D eigenvalue weighted by Gasteiger charge is 2.34. The van der Waals surface area contributed by atoms with Crippen LogP contribution in [0.3, 0.4) is 0 Å². The lowest BCUT2D eigenvalue weighted by atomic mass is 9.96. The topological polar surface area (TPSA) is 86.4 Å². The second kappa shape index (κ2) is 9.87. The molecule has 2 aromatic heterocycles. The molecule has 6 rings (SSSR count). The molecule has 0 bridgehead atoms. The van der Waals surface area contributed by atoms with Gasteiger partial charge in [0, 0.05) is 17.7 Å². The molecule has 4 aromatic rings. The van der Waals surface area contributed by atoms with Crippen molar-refractivity contribution in [1.29, 1.82) is 0 Å². The fraction of sp³-hybridized carbons (Fsp3) is 0.226. The Balaban J connectivity index is 1.62. The number of nitrogens with zero attached hydrogens (tertiary/aromatic N) is 4. The summed E-state index contributed by atoms with van der Waals surface area (Å²) in [5.41, 5.74) is 5.31. The number of hydrogen-bond donors (Lipinski definition) is 0. The summed E-state index contributed by atoms with van der Waals surface area (Å²) < 4.78 is 8.55. The maximum atomic E-state index is 14.3. The van der Waals surface area contributed by atoms with Crippen molar-refractivity contribution in [3.8, 4) is 0 Å². The number of amides is 1. The molecule has 2 aromatic carbocycles. The number of fused-ring (bicyclic) bond motifs is 1. The van der Waals surface area contributed by atoms with Crippen molar-refractivity contribution in [2.75, 3.05) is 11.6 Å². The quantitative estimate of drug-likeness (QED) is 0.353. The van der Waals surface area contributed by atoms with E-state index in [1.54, 1.807) is 31.3 Å². The van der Waals surface area contributed by atoms with Crippen LogP contribution in [0.25, 0.3) is 22.2 Å². The lowest BCUT2D eigenvalue weighted by molar-refractivity contribution is -0.143. The first-order chi connectivity index (χ1) is 19.0. The van der Waals surface area contributed by atoms with E-state index in [2.05, 4.69) is 10.6 Å². The third-order valence-corrected chi connectivity index (χ3v) is 7.17. The summed E-state index contributed by atoms with van der Waals surface area (Å²) in [6.07, 6.45) is 5.40. The number of aryl methyl sites for hydroxylation is 3. The molecule has 0 fully saturated rings. The first-order valence-electron chi connectivity index (χ1n) is 13.2. The van der Waals surface area contributed by atoms with Crippen LogP contribution in [0.4, 0.5) is 0 Å². The van der Waals surface area contributed by atoms with Crippen molar-refractivity contribution in [2.45, 2.75) is 39.5 Å². The monoisotopic (exact) mass is 520 g/mol. The highest BCUT2D eigenvalue weighted by molar-refractivity contribution is 6.26. The van der Waals surface area contributed by atoms with Crippen LogP contribution in [-0.4, -0.2) is 32.7 Å². The van der Waals surface area contributed by atoms with Gasteiger partial charge in [-0.25, -0.2) is 9.99 Å². The molecule has 0 spiro atoms. The lowest BCUT2D eigenvalue weighted by Crippen LogP contribution is -2.45. The van der Waals surface area contributed by atoms with E-state index < -0.39 is 0 Å². The highest BCUT2D eigenvalue weighted by atomic mass is 16.5. The van der Waals surface area contributed by atoms with Gasteiger partial charge in [0.2, 0.25) is 0 Å². The Labute approximate surface area is 225 Å². The van der Waals surface area contributed by atoms with Gasteiger partial charge in [-0.2, -0.15) is 4.68 Å². The highest BCUT2D eigenvalue weighted by Crippen LogP contribution is 2.37. The molecule has 39 heavy (non-hydrogen) atoms. The Morgan fingerprint density at radius 2 is 1.82 bits per heavy atom. The van der Waals surface area contributed by atoms with Gasteiger partial charge in [0.1, 0.15) is 5.82 Å². The molecule has 1 aliphatic carbocycles. The molecule has 1 amide bonds. The van der Waals surface area contributed by atoms with Crippen molar-refractivity contribution >= 4 is 34.0 Å². The number of ether oxygens (including phenoxy) is 1. The van der Waals surface area contributed by atoms with Crippen molar-refractivity contribution in [3.63, 3.8) is 0 Å². The number of carbonyl (C=O) groups is 2. The summed E-state index contributed by atoms with van der Waals surface area (Å²) in [5, 5.41) is 1.76. The molecule has 0 unspecified atom stereocenters. The number of para-hydroxylation sites is 1. The molecule has 2 aliphatic rings. The van der Waals surface area contributed by atoms with Crippen molar-refractivity contribution < 1.29 is 14.3 Å². The van der Waals surface area contributed by atoms with Crippen LogP contribution in [0.15, 0.2) is 77.7 Å². The van der Waals surface area contributed by atoms with Crippen LogP contribution >= 0.6 is 0 Å². The third kappa shape index (κ3) is 4.18. The van der Waals surface area contributed by atoms with Gasteiger partial charge in [-0.05, 0) is 50.5 Å². The molecule has 8 heteroatoms. The number of esters is 1. The summed E-state index contributed by atoms with van der Waals surface area (Å²) in [4.78, 5) is 45.4. The molecule has 1 aliphatic heterocycles. The van der Waals surface area contributed by atoms with Crippen molar-refractivity contribution in [2.24, 2.45) is 0 Å². The van der Waals surface area contributed by atoms with Crippen LogP contribution in [0, 0.1) is 6.92 Å². The SMILES string of the molecule is CCOC(=O)CCc1nc2ccccc2c(=O)n1N1C=C(c2ccccc2)n2c(C)cc3c2C(=CCC3)C1=O. The van der Waals surface area contributed by atoms with Gasteiger partial charge in [-0.15, -0.1) is 0 Å². The van der Waals surface area contributed by atoms with Crippen LogP contribution in [-0.2, 0) is 27.2 Å². The fourth-order valence-corrected chi connectivity index (χ4v) is 5.47. The van der Waals surface area contributed by atoms with E-state index in [0.717, 1.165) is 41.1 Å². The average molecular weight is 521 g/mol. The predicted molar refractivity (Wildman–Crippen MR) is 149 cm³/mol. The maximum absolute atomic E-state index is 14.3. The Morgan fingerprint density at radius 3 is 2.62 bits per heavy atom. The molecule has 3 heterocycles. The molecular formula is C31H28N4O4. The van der Waals surface area contributed by atoms with E-state index in [9.17, 15) is 14.4 Å². The van der Waals surface area contributed by atoms with E-state index in [1.807, 2.05) is 49.4 Å². The number of aromatic nitrogens is 3. The summed E-state index contributed by atoms with van der Waals surface area (Å²) in [7, 11) is 0. The minimum atomic E-state index is -0.389. The van der Waals surface area contributed by atoms with Crippen LogP contribution in [0.5, 0.6) is 0 Å². The summed E-state index contributed by atoms with van der Waals surface area (Å²) in [5.74, 6) is -0.401. The third-order valence-electron chi connectivity index (χ3n) is 7.17. The molecule has 0 radical (unpaired) electrons. The normalized spacial score (nSPS) is 14.5. The van der Waals surface area contributed by atoms with E-state index in [4.69, 9.17) is 9.72 Å². The number of benzene rings is 2. The van der Waals surface area contributed by atoms with Gasteiger partial charge < -0.3 is 9.30 Å². The van der Waals surface area contributed by atoms with Crippen LogP contribution < -0.4 is 10.6 Å². The smallest absolute Gasteiger partial charge is 0.306 e. The van der Waals surface area contributed by atoms with E-state index in [1.165, 1.54) is 9.69 Å². The van der Waals surface area contributed by atoms with Gasteiger partial charge in [0.25, 0.3) is 11.5 Å². The number of hydrogen-bond acceptors (Lipinski definition) is 5. The zero-order chi connectivity index (χ0) is 27.1. The zero-order valence-electron chi connectivity index (χ0n) is 21.9. The fourth-order valence-electron chi connectivity index (χ4n) is 5.47. The van der Waals surface area contributed by atoms with Crippen LogP contribution in [0.2, 0.25) is 0 Å².